The van der Waals surface area contributed by atoms with E-state index in [2.05, 4.69) is 14.3 Å². The fraction of sp³-hybridized carbons (Fsp3) is 0.400. The molecule has 0 radical (unpaired) electrons. The van der Waals surface area contributed by atoms with Crippen molar-refractivity contribution in [3.63, 3.8) is 0 Å². The van der Waals surface area contributed by atoms with E-state index >= 15 is 0 Å². The molecule has 0 aliphatic rings. The van der Waals surface area contributed by atoms with Crippen LogP contribution in [0.15, 0.2) is 5.38 Å². The third-order valence-electron chi connectivity index (χ3n) is 1.09. The van der Waals surface area contributed by atoms with E-state index in [9.17, 15) is 4.79 Å². The number of halogens is 1. The van der Waals surface area contributed by atoms with E-state index in [-0.39, 0.29) is 18.3 Å². The van der Waals surface area contributed by atoms with Crippen molar-refractivity contribution in [1.29, 1.82) is 0 Å². The molecule has 0 spiro atoms. The third kappa shape index (κ3) is 2.79. The number of nitrogens with zero attached hydrogens (tertiary/aromatic N) is 3. The molecule has 0 fully saturated rings. The number of hydrazine groups is 1. The smallest absolute Gasteiger partial charge is 0.430 e. The maximum absolute atomic E-state index is 11.1. The molecule has 0 saturated heterocycles. The number of nitrogens with two attached hydrogens (primary N) is 1. The molecule has 0 saturated carbocycles. The Labute approximate surface area is 83.4 Å². The van der Waals surface area contributed by atoms with Crippen molar-refractivity contribution in [3.8, 4) is 0 Å². The van der Waals surface area contributed by atoms with Crippen molar-refractivity contribution < 1.29 is 9.53 Å². The Morgan fingerprint density at radius 1 is 1.85 bits per heavy atom. The second kappa shape index (κ2) is 4.95. The average Bonchev–Trinajstić information content (AvgIpc) is 2.65. The first-order chi connectivity index (χ1) is 6.25. The van der Waals surface area contributed by atoms with Gasteiger partial charge in [0, 0.05) is 0 Å². The van der Waals surface area contributed by atoms with Crippen LogP contribution in [0.2, 0.25) is 0 Å². The third-order valence-corrected chi connectivity index (χ3v) is 1.74. The van der Waals surface area contributed by atoms with Crippen molar-refractivity contribution >= 4 is 35.0 Å². The summed E-state index contributed by atoms with van der Waals surface area (Å²) in [5.74, 6) is 5.83. The summed E-state index contributed by atoms with van der Waals surface area (Å²) < 4.78 is 8.19. The lowest BCUT2D eigenvalue weighted by atomic mass is 10.7. The van der Waals surface area contributed by atoms with Crippen molar-refractivity contribution in [2.75, 3.05) is 17.5 Å². The lowest BCUT2D eigenvalue weighted by Gasteiger charge is -2.11. The molecule has 13 heavy (non-hydrogen) atoms. The van der Waals surface area contributed by atoms with Gasteiger partial charge in [-0.25, -0.2) is 10.6 Å². The number of carbonyl (C=O) groups excluding carboxylic acids is 1. The molecule has 1 heterocycles. The molecule has 1 amide bonds. The Kier molecular flexibility index (Phi) is 3.87. The predicted molar refractivity (Wildman–Crippen MR) is 48.6 cm³/mol. The minimum Gasteiger partial charge on any atom is -0.447 e. The van der Waals surface area contributed by atoms with Crippen LogP contribution >= 0.6 is 23.1 Å². The fourth-order valence-electron chi connectivity index (χ4n) is 0.554. The summed E-state index contributed by atoms with van der Waals surface area (Å²) in [6.45, 7) is 0.117. The Balaban J connectivity index is 2.48. The van der Waals surface area contributed by atoms with Crippen LogP contribution in [0.25, 0.3) is 0 Å². The number of amides is 1. The molecule has 72 valence electrons. The van der Waals surface area contributed by atoms with Crippen LogP contribution in [0.5, 0.6) is 0 Å². The Morgan fingerprint density at radius 2 is 2.62 bits per heavy atom. The molecular formula is C5H7ClN4O2S. The highest BCUT2D eigenvalue weighted by Crippen LogP contribution is 2.08. The molecule has 0 bridgehead atoms. The predicted octanol–water partition coefficient (Wildman–Crippen LogP) is 0.594. The van der Waals surface area contributed by atoms with Gasteiger partial charge in [-0.3, -0.25) is 0 Å². The first kappa shape index (κ1) is 10.2. The van der Waals surface area contributed by atoms with Crippen LogP contribution < -0.4 is 10.9 Å². The first-order valence-corrected chi connectivity index (χ1v) is 4.67. The molecule has 2 N–H and O–H groups in total. The number of alkyl halides is 1. The monoisotopic (exact) mass is 222 g/mol. The molecule has 1 aromatic rings. The maximum Gasteiger partial charge on any atom is 0.430 e. The van der Waals surface area contributed by atoms with Crippen molar-refractivity contribution in [3.05, 3.63) is 5.38 Å². The van der Waals surface area contributed by atoms with Crippen molar-refractivity contribution in [2.45, 2.75) is 0 Å². The van der Waals surface area contributed by atoms with E-state index in [0.717, 1.165) is 16.5 Å². The molecule has 1 aromatic heterocycles. The summed E-state index contributed by atoms with van der Waals surface area (Å²) >= 11 is 6.41. The summed E-state index contributed by atoms with van der Waals surface area (Å²) in [6, 6.07) is 0. The maximum atomic E-state index is 11.1. The number of rotatable bonds is 3. The van der Waals surface area contributed by atoms with E-state index in [1.54, 1.807) is 0 Å². The Morgan fingerprint density at radius 3 is 3.15 bits per heavy atom. The van der Waals surface area contributed by atoms with Gasteiger partial charge in [-0.15, -0.1) is 16.7 Å². The normalized spacial score (nSPS) is 9.69. The Hall–Kier alpha value is -0.920. The van der Waals surface area contributed by atoms with Gasteiger partial charge in [0.05, 0.1) is 11.3 Å². The minimum absolute atomic E-state index is 0.117. The molecular weight excluding hydrogens is 216 g/mol. The van der Waals surface area contributed by atoms with Crippen molar-refractivity contribution in [1.82, 2.24) is 9.59 Å². The number of ether oxygens (including phenoxy) is 1. The zero-order valence-corrected chi connectivity index (χ0v) is 8.09. The summed E-state index contributed by atoms with van der Waals surface area (Å²) in [6.07, 6.45) is -0.701. The fourth-order valence-corrected chi connectivity index (χ4v) is 1.06. The van der Waals surface area contributed by atoms with Crippen LogP contribution in [0.1, 0.15) is 0 Å². The molecule has 1 rings (SSSR count). The van der Waals surface area contributed by atoms with E-state index < -0.39 is 6.09 Å². The zero-order chi connectivity index (χ0) is 9.68. The largest absolute Gasteiger partial charge is 0.447 e. The van der Waals surface area contributed by atoms with Gasteiger partial charge < -0.3 is 4.74 Å². The molecule has 0 atom stereocenters. The molecule has 0 unspecified atom stereocenters. The van der Waals surface area contributed by atoms with Crippen LogP contribution in [-0.2, 0) is 4.74 Å². The second-order valence-electron chi connectivity index (χ2n) is 1.94. The van der Waals surface area contributed by atoms with Crippen LogP contribution in [0.4, 0.5) is 10.6 Å². The van der Waals surface area contributed by atoms with Crippen LogP contribution in [0, 0.1) is 0 Å². The minimum atomic E-state index is -0.701. The number of carbonyl (C=O) groups is 1. The first-order valence-electron chi connectivity index (χ1n) is 3.30. The number of aromatic nitrogens is 2. The van der Waals surface area contributed by atoms with Gasteiger partial charge >= 0.3 is 6.09 Å². The van der Waals surface area contributed by atoms with Gasteiger partial charge in [0.25, 0.3) is 0 Å². The Bertz CT molecular complexity index is 268. The molecule has 6 nitrogen and oxygen atoms in total. The quantitative estimate of drug-likeness (QED) is 0.350. The van der Waals surface area contributed by atoms with E-state index in [1.807, 2.05) is 0 Å². The van der Waals surface area contributed by atoms with Crippen LogP contribution in [0.3, 0.4) is 0 Å². The molecule has 0 aromatic carbocycles. The lowest BCUT2D eigenvalue weighted by Crippen LogP contribution is -2.38. The molecule has 0 aliphatic heterocycles. The van der Waals surface area contributed by atoms with E-state index in [4.69, 9.17) is 17.4 Å². The number of hydrogen-bond acceptors (Lipinski definition) is 6. The summed E-state index contributed by atoms with van der Waals surface area (Å²) in [5, 5.41) is 5.88. The number of hydrogen-bond donors (Lipinski definition) is 1. The summed E-state index contributed by atoms with van der Waals surface area (Å²) in [5.41, 5.74) is 0. The van der Waals surface area contributed by atoms with E-state index in [0.29, 0.717) is 0 Å². The highest BCUT2D eigenvalue weighted by Gasteiger charge is 2.14. The van der Waals surface area contributed by atoms with Gasteiger partial charge in [-0.2, -0.15) is 5.01 Å². The average molecular weight is 223 g/mol. The van der Waals surface area contributed by atoms with Gasteiger partial charge in [-0.05, 0) is 11.5 Å². The van der Waals surface area contributed by atoms with Gasteiger partial charge in [-0.1, -0.05) is 4.49 Å². The summed E-state index contributed by atoms with van der Waals surface area (Å²) in [4.78, 5) is 11.1. The zero-order valence-electron chi connectivity index (χ0n) is 6.51. The standard InChI is InChI=1S/C5H7ClN4O2S/c6-1-2-12-5(11)10(7)4-3-13-9-8-4/h3H,1-2,7H2. The highest BCUT2D eigenvalue weighted by atomic mass is 35.5. The SMILES string of the molecule is NN(C(=O)OCCCl)c1csnn1. The van der Waals surface area contributed by atoms with Gasteiger partial charge in [0.2, 0.25) is 0 Å². The van der Waals surface area contributed by atoms with Gasteiger partial charge in [0.15, 0.2) is 5.82 Å². The number of anilines is 1. The molecule has 0 aliphatic carbocycles. The van der Waals surface area contributed by atoms with Crippen LogP contribution in [-0.4, -0.2) is 28.2 Å². The highest BCUT2D eigenvalue weighted by molar-refractivity contribution is 7.03. The summed E-state index contributed by atoms with van der Waals surface area (Å²) in [7, 11) is 0. The topological polar surface area (TPSA) is 81.3 Å². The lowest BCUT2D eigenvalue weighted by molar-refractivity contribution is 0.160. The van der Waals surface area contributed by atoms with E-state index in [1.165, 1.54) is 5.38 Å². The van der Waals surface area contributed by atoms with Crippen molar-refractivity contribution in [2.24, 2.45) is 5.84 Å². The van der Waals surface area contributed by atoms with Gasteiger partial charge in [0.1, 0.15) is 6.61 Å². The second-order valence-corrected chi connectivity index (χ2v) is 2.92. The molecule has 8 heteroatoms.